The molecule has 0 radical (unpaired) electrons. The van der Waals surface area contributed by atoms with Crippen molar-refractivity contribution in [2.24, 2.45) is 0 Å². The molecule has 1 amide bonds. The summed E-state index contributed by atoms with van der Waals surface area (Å²) in [5, 5.41) is 2.95. The predicted molar refractivity (Wildman–Crippen MR) is 102 cm³/mol. The number of nitrogens with one attached hydrogen (secondary N) is 2. The number of carbonyl (C=O) groups is 1. The van der Waals surface area contributed by atoms with Gasteiger partial charge in [-0.3, -0.25) is 0 Å². The first kappa shape index (κ1) is 20.4. The Balaban J connectivity index is 2.05. The summed E-state index contributed by atoms with van der Waals surface area (Å²) in [6.45, 7) is 1.21. The van der Waals surface area contributed by atoms with Crippen LogP contribution in [0.2, 0.25) is 0 Å². The first-order valence-corrected chi connectivity index (χ1v) is 10.1. The second-order valence-electron chi connectivity index (χ2n) is 5.40. The van der Waals surface area contributed by atoms with Gasteiger partial charge in [-0.25, -0.2) is 13.2 Å². The van der Waals surface area contributed by atoms with E-state index >= 15 is 0 Å². The smallest absolute Gasteiger partial charge is 0.338 e. The van der Waals surface area contributed by atoms with Crippen LogP contribution in [0.15, 0.2) is 64.0 Å². The molecule has 2 N–H and O–H groups in total. The summed E-state index contributed by atoms with van der Waals surface area (Å²) in [6, 6.07) is 15.6. The molecule has 2 aromatic rings. The number of nitrogens with zero attached hydrogens (tertiary/aromatic N) is 1. The molecule has 26 heavy (non-hydrogen) atoms. The molecule has 0 aliphatic carbocycles. The van der Waals surface area contributed by atoms with Crippen molar-refractivity contribution in [3.8, 4) is 0 Å². The summed E-state index contributed by atoms with van der Waals surface area (Å²) < 4.78 is 25.0. The summed E-state index contributed by atoms with van der Waals surface area (Å²) in [7, 11) is -2.23. The average molecular weight is 442 g/mol. The molecular weight excluding hydrogens is 422 g/mol. The number of likely N-dealkylation sites (N-methyl/N-ethyl adjacent to an activating group) is 1. The number of hydrogen-bond acceptors (Lipinski definition) is 5. The van der Waals surface area contributed by atoms with Crippen molar-refractivity contribution in [2.45, 2.75) is 11.4 Å². The Hall–Kier alpha value is -1.94. The molecule has 0 fully saturated rings. The van der Waals surface area contributed by atoms with Gasteiger partial charge < -0.3 is 15.1 Å². The van der Waals surface area contributed by atoms with Crippen molar-refractivity contribution in [1.29, 1.82) is 0 Å². The van der Waals surface area contributed by atoms with Crippen LogP contribution < -0.4 is 10.2 Å². The van der Waals surface area contributed by atoms with Gasteiger partial charge in [-0.2, -0.15) is 0 Å². The zero-order chi connectivity index (χ0) is 19.0. The Morgan fingerprint density at radius 3 is 2.42 bits per heavy atom. The van der Waals surface area contributed by atoms with Crippen molar-refractivity contribution in [2.75, 3.05) is 20.1 Å². The van der Waals surface area contributed by atoms with Crippen LogP contribution in [0.5, 0.6) is 0 Å². The fourth-order valence-electron chi connectivity index (χ4n) is 2.15. The zero-order valence-electron chi connectivity index (χ0n) is 14.2. The molecule has 2 aromatic carbocycles. The van der Waals surface area contributed by atoms with Crippen LogP contribution in [0.1, 0.15) is 5.56 Å². The lowest BCUT2D eigenvalue weighted by Gasteiger charge is -2.22. The monoisotopic (exact) mass is 441 g/mol. The SMILES string of the molecule is CNCCN(Cc1ccccc1)C(=O)ONS(=O)(=O)c1ccccc1Br. The van der Waals surface area contributed by atoms with E-state index in [-0.39, 0.29) is 4.90 Å². The second kappa shape index (κ2) is 9.67. The van der Waals surface area contributed by atoms with E-state index in [2.05, 4.69) is 21.2 Å². The number of halogens is 1. The van der Waals surface area contributed by atoms with Crippen molar-refractivity contribution >= 4 is 32.0 Å². The average Bonchev–Trinajstić information content (AvgIpc) is 2.64. The van der Waals surface area contributed by atoms with Crippen LogP contribution >= 0.6 is 15.9 Å². The molecule has 0 heterocycles. The van der Waals surface area contributed by atoms with E-state index in [0.717, 1.165) is 5.56 Å². The van der Waals surface area contributed by atoms with Crippen LogP contribution in [0.4, 0.5) is 4.79 Å². The maximum Gasteiger partial charge on any atom is 0.430 e. The molecule has 0 unspecified atom stereocenters. The molecule has 2 rings (SSSR count). The highest BCUT2D eigenvalue weighted by atomic mass is 79.9. The number of hydrogen-bond donors (Lipinski definition) is 2. The highest BCUT2D eigenvalue weighted by molar-refractivity contribution is 9.10. The molecule has 0 aromatic heterocycles. The third kappa shape index (κ3) is 5.80. The number of carbonyl (C=O) groups excluding carboxylic acids is 1. The Bertz CT molecular complexity index is 831. The number of amides is 1. The fraction of sp³-hybridized carbons (Fsp3) is 0.235. The van der Waals surface area contributed by atoms with Crippen LogP contribution in [0.3, 0.4) is 0 Å². The maximum absolute atomic E-state index is 12.4. The highest BCUT2D eigenvalue weighted by Crippen LogP contribution is 2.20. The van der Waals surface area contributed by atoms with Crippen LogP contribution in [0, 0.1) is 0 Å². The lowest BCUT2D eigenvalue weighted by molar-refractivity contribution is 0.0815. The first-order valence-electron chi connectivity index (χ1n) is 7.84. The highest BCUT2D eigenvalue weighted by Gasteiger charge is 2.22. The lowest BCUT2D eigenvalue weighted by atomic mass is 10.2. The topological polar surface area (TPSA) is 87.7 Å². The van der Waals surface area contributed by atoms with Crippen LogP contribution in [-0.4, -0.2) is 39.5 Å². The van der Waals surface area contributed by atoms with Gasteiger partial charge in [0.25, 0.3) is 10.0 Å². The summed E-state index contributed by atoms with van der Waals surface area (Å²) >= 11 is 3.17. The Morgan fingerprint density at radius 2 is 1.77 bits per heavy atom. The molecule has 0 atom stereocenters. The van der Waals surface area contributed by atoms with Gasteiger partial charge in [0.05, 0.1) is 4.90 Å². The normalized spacial score (nSPS) is 11.2. The standard InChI is InChI=1S/C17H20BrN3O4S/c1-19-11-12-21(13-14-7-3-2-4-8-14)17(22)25-20-26(23,24)16-10-6-5-9-15(16)18/h2-10,19-20H,11-13H2,1H3. The lowest BCUT2D eigenvalue weighted by Crippen LogP contribution is -2.40. The number of rotatable bonds is 8. The van der Waals surface area contributed by atoms with E-state index in [0.29, 0.717) is 24.1 Å². The number of sulfonamides is 1. The third-order valence-corrected chi connectivity index (χ3v) is 5.66. The molecule has 0 spiro atoms. The van der Waals surface area contributed by atoms with Crippen LogP contribution in [0.25, 0.3) is 0 Å². The molecule has 0 saturated carbocycles. The van der Waals surface area contributed by atoms with Gasteiger partial charge in [0.15, 0.2) is 0 Å². The van der Waals surface area contributed by atoms with Gasteiger partial charge in [-0.05, 0) is 45.6 Å². The summed E-state index contributed by atoms with van der Waals surface area (Å²) in [4.78, 5) is 20.5. The maximum atomic E-state index is 12.4. The van der Waals surface area contributed by atoms with Crippen molar-refractivity contribution in [3.63, 3.8) is 0 Å². The molecule has 7 nitrogen and oxygen atoms in total. The van der Waals surface area contributed by atoms with Crippen molar-refractivity contribution in [1.82, 2.24) is 15.1 Å². The third-order valence-electron chi connectivity index (χ3n) is 3.47. The van der Waals surface area contributed by atoms with Gasteiger partial charge in [0.2, 0.25) is 0 Å². The first-order chi connectivity index (χ1) is 12.4. The molecule has 0 bridgehead atoms. The van der Waals surface area contributed by atoms with E-state index in [1.807, 2.05) is 35.2 Å². The number of benzene rings is 2. The molecule has 140 valence electrons. The van der Waals surface area contributed by atoms with Crippen molar-refractivity contribution in [3.05, 3.63) is 64.6 Å². The largest absolute Gasteiger partial charge is 0.430 e. The van der Waals surface area contributed by atoms with Gasteiger partial charge in [0, 0.05) is 24.1 Å². The van der Waals surface area contributed by atoms with E-state index in [1.54, 1.807) is 25.2 Å². The molecule has 9 heteroatoms. The molecule has 0 aliphatic rings. The van der Waals surface area contributed by atoms with Crippen LogP contribution in [-0.2, 0) is 21.4 Å². The van der Waals surface area contributed by atoms with Gasteiger partial charge in [-0.15, -0.1) is 0 Å². The second-order valence-corrected chi connectivity index (χ2v) is 7.86. The molecule has 0 aliphatic heterocycles. The minimum Gasteiger partial charge on any atom is -0.338 e. The summed E-state index contributed by atoms with van der Waals surface area (Å²) in [5.41, 5.74) is 0.911. The van der Waals surface area contributed by atoms with E-state index in [1.165, 1.54) is 11.0 Å². The Kier molecular flexibility index (Phi) is 7.58. The van der Waals surface area contributed by atoms with E-state index in [4.69, 9.17) is 4.84 Å². The summed E-state index contributed by atoms with van der Waals surface area (Å²) in [6.07, 6.45) is -0.778. The minimum absolute atomic E-state index is 0.0161. The Labute approximate surface area is 161 Å². The van der Waals surface area contributed by atoms with E-state index < -0.39 is 16.1 Å². The van der Waals surface area contributed by atoms with Gasteiger partial charge in [0.1, 0.15) is 0 Å². The molecule has 0 saturated heterocycles. The fourth-order valence-corrected chi connectivity index (χ4v) is 3.93. The van der Waals surface area contributed by atoms with Gasteiger partial charge >= 0.3 is 6.09 Å². The van der Waals surface area contributed by atoms with Gasteiger partial charge in [-0.1, -0.05) is 42.5 Å². The minimum atomic E-state index is -4.00. The quantitative estimate of drug-likeness (QED) is 0.614. The van der Waals surface area contributed by atoms with Crippen molar-refractivity contribution < 1.29 is 18.0 Å². The summed E-state index contributed by atoms with van der Waals surface area (Å²) in [5.74, 6) is 0. The molecular formula is C17H20BrN3O4S. The van der Waals surface area contributed by atoms with E-state index in [9.17, 15) is 13.2 Å². The zero-order valence-corrected chi connectivity index (χ0v) is 16.6. The predicted octanol–water partition coefficient (Wildman–Crippen LogP) is 2.50. The Morgan fingerprint density at radius 1 is 1.12 bits per heavy atom.